The highest BCUT2D eigenvalue weighted by Crippen LogP contribution is 2.30. The van der Waals surface area contributed by atoms with E-state index >= 15 is 0 Å². The molecule has 1 saturated carbocycles. The molecule has 1 amide bonds. The average Bonchev–Trinajstić information content (AvgIpc) is 3.26. The summed E-state index contributed by atoms with van der Waals surface area (Å²) >= 11 is 0. The molecule has 3 fully saturated rings. The van der Waals surface area contributed by atoms with Crippen molar-refractivity contribution in [3.05, 3.63) is 42.1 Å². The van der Waals surface area contributed by atoms with Crippen LogP contribution in [0.4, 0.5) is 0 Å². The number of hydrogen-bond acceptors (Lipinski definition) is 4. The number of carbonyl (C=O) groups is 1. The zero-order valence-corrected chi connectivity index (χ0v) is 17.9. The Bertz CT molecular complexity index is 871. The van der Waals surface area contributed by atoms with Crippen molar-refractivity contribution in [1.29, 1.82) is 0 Å². The topological polar surface area (TPSA) is 57.3 Å². The zero-order chi connectivity index (χ0) is 20.3. The normalized spacial score (nSPS) is 29.6. The van der Waals surface area contributed by atoms with Crippen molar-refractivity contribution in [3.63, 3.8) is 0 Å². The molecule has 0 bridgehead atoms. The number of benzene rings is 1. The molecular weight excluding hydrogens is 372 g/mol. The summed E-state index contributed by atoms with van der Waals surface area (Å²) in [5.74, 6) is 2.68. The number of fused-ring (bicyclic) bond motifs is 2. The first-order valence-electron chi connectivity index (χ1n) is 11.8. The van der Waals surface area contributed by atoms with Crippen LogP contribution < -0.4 is 10.6 Å². The number of amides is 1. The molecule has 3 heterocycles. The summed E-state index contributed by atoms with van der Waals surface area (Å²) in [6, 6.07) is 9.98. The average molecular weight is 407 g/mol. The van der Waals surface area contributed by atoms with Crippen LogP contribution in [0.15, 0.2) is 36.5 Å². The zero-order valence-electron chi connectivity index (χ0n) is 17.9. The van der Waals surface area contributed by atoms with Gasteiger partial charge in [-0.2, -0.15) is 0 Å². The van der Waals surface area contributed by atoms with Gasteiger partial charge in [-0.25, -0.2) is 0 Å². The molecule has 0 spiro atoms. The summed E-state index contributed by atoms with van der Waals surface area (Å²) in [6.45, 7) is 6.30. The maximum absolute atomic E-state index is 12.9. The van der Waals surface area contributed by atoms with Crippen LogP contribution in [0.5, 0.6) is 0 Å². The number of likely N-dealkylation sites (tertiary alicyclic amines) is 1. The number of piperidine rings is 1. The minimum Gasteiger partial charge on any atom is -0.349 e. The first-order valence-corrected chi connectivity index (χ1v) is 11.8. The molecule has 2 saturated heterocycles. The van der Waals surface area contributed by atoms with Gasteiger partial charge in [0.1, 0.15) is 0 Å². The Hall–Kier alpha value is -1.98. The maximum atomic E-state index is 12.9. The molecule has 30 heavy (non-hydrogen) atoms. The van der Waals surface area contributed by atoms with Crippen LogP contribution in [0.2, 0.25) is 0 Å². The van der Waals surface area contributed by atoms with Gasteiger partial charge in [0.25, 0.3) is 5.91 Å². The number of aromatic nitrogens is 1. The summed E-state index contributed by atoms with van der Waals surface area (Å²) in [4.78, 5) is 20.0. The van der Waals surface area contributed by atoms with E-state index < -0.39 is 0 Å². The lowest BCUT2D eigenvalue weighted by Gasteiger charge is -2.36. The number of carbonyl (C=O) groups excluding carboxylic acids is 1. The summed E-state index contributed by atoms with van der Waals surface area (Å²) in [5.41, 5.74) is 1.62. The lowest BCUT2D eigenvalue weighted by Crippen LogP contribution is -2.41. The number of pyridine rings is 1. The molecule has 2 aromatic rings. The minimum atomic E-state index is 0.0464. The molecule has 3 aliphatic rings. The first kappa shape index (κ1) is 20.0. The Kier molecular flexibility index (Phi) is 6.00. The summed E-state index contributed by atoms with van der Waals surface area (Å²) < 4.78 is 0. The second-order valence-corrected chi connectivity index (χ2v) is 9.62. The number of nitrogens with one attached hydrogen (secondary N) is 2. The van der Waals surface area contributed by atoms with E-state index in [-0.39, 0.29) is 5.91 Å². The van der Waals surface area contributed by atoms with Crippen LogP contribution >= 0.6 is 0 Å². The Morgan fingerprint density at radius 3 is 2.83 bits per heavy atom. The van der Waals surface area contributed by atoms with Gasteiger partial charge in [-0.1, -0.05) is 12.1 Å². The summed E-state index contributed by atoms with van der Waals surface area (Å²) in [5, 5.41) is 7.80. The second-order valence-electron chi connectivity index (χ2n) is 9.62. The van der Waals surface area contributed by atoms with Crippen molar-refractivity contribution in [1.82, 2.24) is 20.5 Å². The molecule has 2 atom stereocenters. The number of rotatable bonds is 5. The SMILES string of the molecule is O=C(N[C@H]1CC[C@H](CCN2CC[C@H]3CNC[C@@H]3C2)CC1)c1cccc2ncccc12. The van der Waals surface area contributed by atoms with Gasteiger partial charge in [-0.05, 0) is 101 Å². The summed E-state index contributed by atoms with van der Waals surface area (Å²) in [7, 11) is 0. The molecule has 5 nitrogen and oxygen atoms in total. The van der Waals surface area contributed by atoms with E-state index in [1.54, 1.807) is 6.20 Å². The molecule has 5 heteroatoms. The van der Waals surface area contributed by atoms with Gasteiger partial charge in [0.05, 0.1) is 5.52 Å². The van der Waals surface area contributed by atoms with E-state index in [0.29, 0.717) is 6.04 Å². The van der Waals surface area contributed by atoms with Crippen molar-refractivity contribution < 1.29 is 4.79 Å². The Labute approximate surface area is 179 Å². The van der Waals surface area contributed by atoms with Gasteiger partial charge in [-0.3, -0.25) is 9.78 Å². The fraction of sp³-hybridized carbons (Fsp3) is 0.600. The van der Waals surface area contributed by atoms with Crippen molar-refractivity contribution in [2.24, 2.45) is 17.8 Å². The highest BCUT2D eigenvalue weighted by molar-refractivity contribution is 6.06. The standard InChI is InChI=1S/C25H34N4O/c30-25(23-3-1-5-24-22(23)4-2-12-27-24)28-21-8-6-18(7-9-21)10-13-29-14-11-19-15-26-16-20(19)17-29/h1-5,12,18-21,26H,6-11,13-17H2,(H,28,30)/t18-,19-,20+,21-/m0/s1. The highest BCUT2D eigenvalue weighted by Gasteiger charge is 2.33. The van der Waals surface area contributed by atoms with E-state index in [9.17, 15) is 4.79 Å². The van der Waals surface area contributed by atoms with Crippen LogP contribution in [0.3, 0.4) is 0 Å². The van der Waals surface area contributed by atoms with Crippen LogP contribution in [-0.4, -0.2) is 54.6 Å². The van der Waals surface area contributed by atoms with Gasteiger partial charge in [-0.15, -0.1) is 0 Å². The van der Waals surface area contributed by atoms with Gasteiger partial charge >= 0.3 is 0 Å². The van der Waals surface area contributed by atoms with Gasteiger partial charge in [0, 0.05) is 29.7 Å². The third-order valence-electron chi connectivity index (χ3n) is 7.71. The lowest BCUT2D eigenvalue weighted by atomic mass is 9.83. The van der Waals surface area contributed by atoms with E-state index in [1.807, 2.05) is 30.3 Å². The Morgan fingerprint density at radius 1 is 1.07 bits per heavy atom. The first-order chi connectivity index (χ1) is 14.8. The molecular formula is C25H34N4O. The smallest absolute Gasteiger partial charge is 0.252 e. The summed E-state index contributed by atoms with van der Waals surface area (Å²) in [6.07, 6.45) is 9.16. The van der Waals surface area contributed by atoms with Crippen molar-refractivity contribution >= 4 is 16.8 Å². The molecule has 1 aliphatic carbocycles. The minimum absolute atomic E-state index is 0.0464. The van der Waals surface area contributed by atoms with Crippen molar-refractivity contribution in [2.75, 3.05) is 32.7 Å². The Balaban J connectivity index is 1.08. The van der Waals surface area contributed by atoms with E-state index in [1.165, 1.54) is 58.4 Å². The van der Waals surface area contributed by atoms with Crippen LogP contribution in [-0.2, 0) is 0 Å². The van der Waals surface area contributed by atoms with E-state index in [4.69, 9.17) is 0 Å². The number of nitrogens with zero attached hydrogens (tertiary/aromatic N) is 2. The van der Waals surface area contributed by atoms with E-state index in [0.717, 1.165) is 47.1 Å². The fourth-order valence-electron chi connectivity index (χ4n) is 5.84. The van der Waals surface area contributed by atoms with Crippen molar-refractivity contribution in [2.45, 2.75) is 44.6 Å². The van der Waals surface area contributed by atoms with Crippen LogP contribution in [0.1, 0.15) is 48.9 Å². The quantitative estimate of drug-likeness (QED) is 0.799. The number of hydrogen-bond donors (Lipinski definition) is 2. The largest absolute Gasteiger partial charge is 0.349 e. The fourth-order valence-corrected chi connectivity index (χ4v) is 5.84. The molecule has 2 aliphatic heterocycles. The van der Waals surface area contributed by atoms with Crippen LogP contribution in [0, 0.1) is 17.8 Å². The molecule has 1 aromatic carbocycles. The highest BCUT2D eigenvalue weighted by atomic mass is 16.1. The molecule has 1 aromatic heterocycles. The maximum Gasteiger partial charge on any atom is 0.252 e. The molecule has 160 valence electrons. The molecule has 5 rings (SSSR count). The predicted molar refractivity (Wildman–Crippen MR) is 120 cm³/mol. The molecule has 2 N–H and O–H groups in total. The predicted octanol–water partition coefficient (Wildman–Crippen LogP) is 3.45. The van der Waals surface area contributed by atoms with Gasteiger partial charge in [0.2, 0.25) is 0 Å². The third kappa shape index (κ3) is 4.37. The van der Waals surface area contributed by atoms with E-state index in [2.05, 4.69) is 20.5 Å². The molecule has 0 unspecified atom stereocenters. The van der Waals surface area contributed by atoms with Gasteiger partial charge in [0.15, 0.2) is 0 Å². The third-order valence-corrected chi connectivity index (χ3v) is 7.71. The second kappa shape index (κ2) is 9.03. The molecule has 0 radical (unpaired) electrons. The lowest BCUT2D eigenvalue weighted by molar-refractivity contribution is 0.0919. The van der Waals surface area contributed by atoms with Crippen molar-refractivity contribution in [3.8, 4) is 0 Å². The van der Waals surface area contributed by atoms with Gasteiger partial charge < -0.3 is 15.5 Å². The Morgan fingerprint density at radius 2 is 1.93 bits per heavy atom. The monoisotopic (exact) mass is 406 g/mol. The van der Waals surface area contributed by atoms with Crippen LogP contribution in [0.25, 0.3) is 10.9 Å².